The van der Waals surface area contributed by atoms with Gasteiger partial charge in [0, 0.05) is 30.3 Å². The monoisotopic (exact) mass is 301 g/mol. The molecule has 4 heteroatoms. The molecule has 0 bridgehead atoms. The minimum atomic E-state index is 0.553. The first-order chi connectivity index (χ1) is 9.06. The van der Waals surface area contributed by atoms with Gasteiger partial charge in [-0.25, -0.2) is 0 Å². The third-order valence-corrected chi connectivity index (χ3v) is 5.15. The fourth-order valence-corrected chi connectivity index (χ4v) is 2.99. The fourth-order valence-electron chi connectivity index (χ4n) is 1.54. The second-order valence-electron chi connectivity index (χ2n) is 4.96. The lowest BCUT2D eigenvalue weighted by Gasteiger charge is -2.18. The molecule has 0 saturated heterocycles. The van der Waals surface area contributed by atoms with Gasteiger partial charge in [0.05, 0.1) is 11.6 Å². The molecule has 0 amide bonds. The summed E-state index contributed by atoms with van der Waals surface area (Å²) in [6, 6.07) is 6.12. The van der Waals surface area contributed by atoms with Gasteiger partial charge >= 0.3 is 0 Å². The quantitative estimate of drug-likeness (QED) is 0.574. The van der Waals surface area contributed by atoms with Crippen molar-refractivity contribution in [3.05, 3.63) is 28.8 Å². The van der Waals surface area contributed by atoms with Crippen LogP contribution in [0.3, 0.4) is 0 Å². The first-order valence-corrected chi connectivity index (χ1v) is 7.95. The number of benzene rings is 1. The molecule has 108 valence electrons. The smallest absolute Gasteiger partial charge is 0.0587 e. The maximum atomic E-state index is 6.34. The van der Waals surface area contributed by atoms with Gasteiger partial charge in [0.25, 0.3) is 0 Å². The highest BCUT2D eigenvalue weighted by molar-refractivity contribution is 8.00. The molecule has 0 aliphatic heterocycles. The van der Waals surface area contributed by atoms with Crippen LogP contribution in [0.1, 0.15) is 26.3 Å². The van der Waals surface area contributed by atoms with Crippen LogP contribution in [-0.4, -0.2) is 25.5 Å². The topological polar surface area (TPSA) is 21.3 Å². The van der Waals surface area contributed by atoms with Crippen molar-refractivity contribution in [3.8, 4) is 0 Å². The van der Waals surface area contributed by atoms with Crippen LogP contribution in [0, 0.1) is 5.92 Å². The van der Waals surface area contributed by atoms with E-state index in [-0.39, 0.29) is 0 Å². The maximum Gasteiger partial charge on any atom is 0.0587 e. The highest BCUT2D eigenvalue weighted by Crippen LogP contribution is 2.35. The van der Waals surface area contributed by atoms with Crippen LogP contribution in [0.5, 0.6) is 0 Å². The van der Waals surface area contributed by atoms with E-state index in [1.54, 1.807) is 7.11 Å². The Balaban J connectivity index is 2.71. The average molecular weight is 302 g/mol. The lowest BCUT2D eigenvalue weighted by atomic mass is 10.2. The van der Waals surface area contributed by atoms with Gasteiger partial charge in [-0.05, 0) is 17.5 Å². The molecule has 0 aliphatic rings. The maximum absolute atomic E-state index is 6.34. The molecule has 2 nitrogen and oxygen atoms in total. The third kappa shape index (κ3) is 5.74. The Morgan fingerprint density at radius 1 is 1.32 bits per heavy atom. The van der Waals surface area contributed by atoms with E-state index in [9.17, 15) is 0 Å². The summed E-state index contributed by atoms with van der Waals surface area (Å²) in [7, 11) is 1.71. The second-order valence-corrected chi connectivity index (χ2v) is 6.76. The second kappa shape index (κ2) is 8.85. The van der Waals surface area contributed by atoms with Crippen LogP contribution in [0.15, 0.2) is 23.1 Å². The summed E-state index contributed by atoms with van der Waals surface area (Å²) in [4.78, 5) is 1.20. The minimum Gasteiger partial charge on any atom is -0.383 e. The third-order valence-electron chi connectivity index (χ3n) is 3.09. The highest BCUT2D eigenvalue weighted by Gasteiger charge is 2.14. The summed E-state index contributed by atoms with van der Waals surface area (Å²) < 4.78 is 5.04. The number of rotatable bonds is 8. The van der Waals surface area contributed by atoms with Crippen molar-refractivity contribution in [1.82, 2.24) is 5.32 Å². The molecule has 1 rings (SSSR count). The molecule has 0 heterocycles. The predicted molar refractivity (Wildman–Crippen MR) is 85.2 cm³/mol. The van der Waals surface area contributed by atoms with Crippen LogP contribution in [0.4, 0.5) is 0 Å². The standard InChI is InChI=1S/C15H24ClNOS/c1-11(2)12(3)19-15-13(6-5-7-14(15)16)10-17-8-9-18-4/h5-7,11-12,17H,8-10H2,1-4H3. The molecule has 0 radical (unpaired) electrons. The van der Waals surface area contributed by atoms with Crippen LogP contribution in [0.25, 0.3) is 0 Å². The van der Waals surface area contributed by atoms with Gasteiger partial charge in [0.15, 0.2) is 0 Å². The SMILES string of the molecule is COCCNCc1cccc(Cl)c1SC(C)C(C)C. The van der Waals surface area contributed by atoms with Crippen LogP contribution in [0.2, 0.25) is 5.02 Å². The first kappa shape index (κ1) is 16.8. The summed E-state index contributed by atoms with van der Waals surface area (Å²) in [5.74, 6) is 0.635. The Hall–Kier alpha value is -0.220. The summed E-state index contributed by atoms with van der Waals surface area (Å²) in [6.45, 7) is 9.15. The van der Waals surface area contributed by atoms with E-state index in [2.05, 4.69) is 32.2 Å². The Morgan fingerprint density at radius 2 is 2.05 bits per heavy atom. The van der Waals surface area contributed by atoms with Crippen molar-refractivity contribution >= 4 is 23.4 Å². The van der Waals surface area contributed by atoms with Gasteiger partial charge in [-0.1, -0.05) is 44.5 Å². The summed E-state index contributed by atoms with van der Waals surface area (Å²) >= 11 is 8.21. The average Bonchev–Trinajstić information content (AvgIpc) is 2.38. The summed E-state index contributed by atoms with van der Waals surface area (Å²) in [5, 5.41) is 4.78. The zero-order chi connectivity index (χ0) is 14.3. The first-order valence-electron chi connectivity index (χ1n) is 6.70. The molecule has 0 spiro atoms. The van der Waals surface area contributed by atoms with E-state index >= 15 is 0 Å². The fraction of sp³-hybridized carbons (Fsp3) is 0.600. The Kier molecular flexibility index (Phi) is 7.84. The van der Waals surface area contributed by atoms with Gasteiger partial charge in [-0.3, -0.25) is 0 Å². The Labute approximate surface area is 126 Å². The van der Waals surface area contributed by atoms with Crippen molar-refractivity contribution in [3.63, 3.8) is 0 Å². The van der Waals surface area contributed by atoms with Crippen molar-refractivity contribution in [2.75, 3.05) is 20.3 Å². The molecule has 1 atom stereocenters. The van der Waals surface area contributed by atoms with Gasteiger partial charge in [0.1, 0.15) is 0 Å². The Bertz CT molecular complexity index is 384. The molecule has 1 aromatic rings. The highest BCUT2D eigenvalue weighted by atomic mass is 35.5. The zero-order valence-electron chi connectivity index (χ0n) is 12.2. The van der Waals surface area contributed by atoms with E-state index in [1.165, 1.54) is 10.5 Å². The predicted octanol–water partition coefficient (Wildman–Crippen LogP) is 4.21. The number of methoxy groups -OCH3 is 1. The van der Waals surface area contributed by atoms with Crippen LogP contribution >= 0.6 is 23.4 Å². The minimum absolute atomic E-state index is 0.553. The lowest BCUT2D eigenvalue weighted by molar-refractivity contribution is 0.199. The Morgan fingerprint density at radius 3 is 2.68 bits per heavy atom. The van der Waals surface area contributed by atoms with Crippen molar-refractivity contribution in [2.45, 2.75) is 37.5 Å². The summed E-state index contributed by atoms with van der Waals surface area (Å²) in [6.07, 6.45) is 0. The number of halogens is 1. The summed E-state index contributed by atoms with van der Waals surface area (Å²) in [5.41, 5.74) is 1.26. The number of ether oxygens (including phenoxy) is 1. The van der Waals surface area contributed by atoms with Crippen molar-refractivity contribution in [1.29, 1.82) is 0 Å². The molecule has 1 unspecified atom stereocenters. The number of hydrogen-bond acceptors (Lipinski definition) is 3. The molecule has 0 saturated carbocycles. The normalized spacial score (nSPS) is 12.9. The molecular formula is C15H24ClNOS. The van der Waals surface area contributed by atoms with Crippen LogP contribution in [-0.2, 0) is 11.3 Å². The van der Waals surface area contributed by atoms with Gasteiger partial charge < -0.3 is 10.1 Å². The van der Waals surface area contributed by atoms with E-state index in [0.29, 0.717) is 11.2 Å². The van der Waals surface area contributed by atoms with Crippen molar-refractivity contribution in [2.24, 2.45) is 5.92 Å². The van der Waals surface area contributed by atoms with Crippen molar-refractivity contribution < 1.29 is 4.74 Å². The van der Waals surface area contributed by atoms with E-state index < -0.39 is 0 Å². The van der Waals surface area contributed by atoms with Gasteiger partial charge in [0.2, 0.25) is 0 Å². The molecule has 19 heavy (non-hydrogen) atoms. The molecular weight excluding hydrogens is 278 g/mol. The number of thioether (sulfide) groups is 1. The number of nitrogens with one attached hydrogen (secondary N) is 1. The van der Waals surface area contributed by atoms with E-state index in [1.807, 2.05) is 23.9 Å². The zero-order valence-corrected chi connectivity index (χ0v) is 13.8. The van der Waals surface area contributed by atoms with E-state index in [4.69, 9.17) is 16.3 Å². The van der Waals surface area contributed by atoms with Gasteiger partial charge in [-0.2, -0.15) is 0 Å². The van der Waals surface area contributed by atoms with Crippen LogP contribution < -0.4 is 5.32 Å². The molecule has 0 aliphatic carbocycles. The lowest BCUT2D eigenvalue weighted by Crippen LogP contribution is -2.19. The molecule has 1 aromatic carbocycles. The molecule has 0 fully saturated rings. The van der Waals surface area contributed by atoms with E-state index in [0.717, 1.165) is 24.7 Å². The number of hydrogen-bond donors (Lipinski definition) is 1. The molecule has 0 aromatic heterocycles. The molecule has 1 N–H and O–H groups in total. The van der Waals surface area contributed by atoms with Gasteiger partial charge in [-0.15, -0.1) is 11.8 Å². The largest absolute Gasteiger partial charge is 0.383 e.